The van der Waals surface area contributed by atoms with Crippen LogP contribution in [0.4, 0.5) is 17.3 Å². The maximum atomic E-state index is 12.9. The Bertz CT molecular complexity index is 1500. The fourth-order valence-electron chi connectivity index (χ4n) is 5.98. The van der Waals surface area contributed by atoms with Crippen LogP contribution < -0.4 is 15.5 Å². The minimum Gasteiger partial charge on any atom is -0.385 e. The summed E-state index contributed by atoms with van der Waals surface area (Å²) in [4.78, 5) is 21.9. The van der Waals surface area contributed by atoms with E-state index in [4.69, 9.17) is 16.6 Å². The number of anilines is 3. The Balaban J connectivity index is 1.04. The van der Waals surface area contributed by atoms with Crippen LogP contribution in [0.15, 0.2) is 66.9 Å². The molecule has 10 heteroatoms. The minimum atomic E-state index is -0.870. The summed E-state index contributed by atoms with van der Waals surface area (Å²) in [6.07, 6.45) is 3.09. The summed E-state index contributed by atoms with van der Waals surface area (Å²) in [6.45, 7) is 4.02. The van der Waals surface area contributed by atoms with Crippen LogP contribution in [0.5, 0.6) is 0 Å². The number of aliphatic hydroxyl groups is 1. The molecule has 7 rings (SSSR count). The van der Waals surface area contributed by atoms with Gasteiger partial charge in [0.05, 0.1) is 11.3 Å². The Morgan fingerprint density at radius 3 is 2.49 bits per heavy atom. The van der Waals surface area contributed by atoms with Crippen LogP contribution in [0.25, 0.3) is 5.65 Å². The van der Waals surface area contributed by atoms with Crippen molar-refractivity contribution in [3.05, 3.63) is 83.0 Å². The second-order valence-electron chi connectivity index (χ2n) is 10.8. The molecule has 5 heterocycles. The summed E-state index contributed by atoms with van der Waals surface area (Å²) in [6, 6.07) is 19.4. The van der Waals surface area contributed by atoms with E-state index in [1.807, 2.05) is 71.8 Å². The molecular formula is C29H30ClN7O2. The first-order chi connectivity index (χ1) is 18.9. The van der Waals surface area contributed by atoms with Gasteiger partial charge in [0.25, 0.3) is 5.91 Å². The summed E-state index contributed by atoms with van der Waals surface area (Å²) in [7, 11) is 0. The van der Waals surface area contributed by atoms with E-state index in [0.29, 0.717) is 54.4 Å². The molecule has 3 aliphatic rings. The molecule has 4 aromatic rings. The van der Waals surface area contributed by atoms with Crippen LogP contribution in [0.3, 0.4) is 0 Å². The van der Waals surface area contributed by atoms with Crippen molar-refractivity contribution in [3.63, 3.8) is 0 Å². The molecule has 2 aromatic heterocycles. The highest BCUT2D eigenvalue weighted by Crippen LogP contribution is 2.36. The van der Waals surface area contributed by atoms with Gasteiger partial charge in [0.2, 0.25) is 5.95 Å². The Morgan fingerprint density at radius 1 is 1.05 bits per heavy atom. The van der Waals surface area contributed by atoms with Gasteiger partial charge in [-0.2, -0.15) is 4.98 Å². The fraction of sp³-hybridized carbons (Fsp3) is 0.345. The molecule has 0 radical (unpaired) electrons. The fourth-order valence-corrected chi connectivity index (χ4v) is 6.11. The number of benzene rings is 2. The normalized spacial score (nSPS) is 22.0. The average molecular weight is 544 g/mol. The van der Waals surface area contributed by atoms with Crippen molar-refractivity contribution in [2.45, 2.75) is 24.5 Å². The first-order valence-corrected chi connectivity index (χ1v) is 13.8. The van der Waals surface area contributed by atoms with Crippen LogP contribution in [-0.4, -0.2) is 69.3 Å². The predicted molar refractivity (Wildman–Crippen MR) is 151 cm³/mol. The van der Waals surface area contributed by atoms with Gasteiger partial charge >= 0.3 is 0 Å². The molecule has 200 valence electrons. The number of aromatic nitrogens is 3. The molecule has 3 saturated heterocycles. The number of amides is 1. The highest BCUT2D eigenvalue weighted by atomic mass is 35.5. The Hall–Kier alpha value is -3.66. The lowest BCUT2D eigenvalue weighted by molar-refractivity contribution is 0.0118. The number of hydrogen-bond acceptors (Lipinski definition) is 7. The van der Waals surface area contributed by atoms with Gasteiger partial charge in [0.1, 0.15) is 0 Å². The zero-order valence-electron chi connectivity index (χ0n) is 21.4. The lowest BCUT2D eigenvalue weighted by Gasteiger charge is -2.39. The van der Waals surface area contributed by atoms with E-state index < -0.39 is 5.60 Å². The number of nitrogens with zero attached hydrogens (tertiary/aromatic N) is 5. The molecule has 0 bridgehead atoms. The third-order valence-corrected chi connectivity index (χ3v) is 8.67. The van der Waals surface area contributed by atoms with Gasteiger partial charge in [-0.25, -0.2) is 4.52 Å². The summed E-state index contributed by atoms with van der Waals surface area (Å²) in [5, 5.41) is 23.2. The Labute approximate surface area is 231 Å². The van der Waals surface area contributed by atoms with Crippen LogP contribution in [-0.2, 0) is 5.60 Å². The highest BCUT2D eigenvalue weighted by Gasteiger charge is 2.41. The number of nitrogens with one attached hydrogen (secondary N) is 2. The van der Waals surface area contributed by atoms with E-state index in [0.717, 1.165) is 42.2 Å². The zero-order chi connectivity index (χ0) is 26.6. The third kappa shape index (κ3) is 4.50. The number of piperidine rings is 1. The zero-order valence-corrected chi connectivity index (χ0v) is 22.2. The number of carbonyl (C=O) groups is 1. The van der Waals surface area contributed by atoms with Crippen molar-refractivity contribution >= 4 is 40.5 Å². The minimum absolute atomic E-state index is 0.0812. The number of carbonyl (C=O) groups excluding carboxylic acids is 1. The van der Waals surface area contributed by atoms with Crippen LogP contribution in [0, 0.1) is 5.92 Å². The second kappa shape index (κ2) is 9.51. The molecule has 2 atom stereocenters. The van der Waals surface area contributed by atoms with Gasteiger partial charge in [0, 0.05) is 67.2 Å². The molecule has 3 aliphatic heterocycles. The molecule has 3 fully saturated rings. The molecule has 0 unspecified atom stereocenters. The molecule has 9 nitrogen and oxygen atoms in total. The molecule has 0 saturated carbocycles. The molecule has 39 heavy (non-hydrogen) atoms. The number of pyridine rings is 1. The standard InChI is InChI=1S/C29H30ClN7O2/c30-22-7-5-21(6-8-22)29(39)11-14-35(15-12-29)25-2-1-13-37-26(25)33-28(34-37)32-23-9-3-19(4-10-23)27(38)36-17-20-16-31-24(20)18-36/h1-10,13,20,24,31,39H,11-12,14-18H2,(H,32,34)/t20-,24+/m1/s1. The first-order valence-electron chi connectivity index (χ1n) is 13.4. The summed E-state index contributed by atoms with van der Waals surface area (Å²) >= 11 is 6.03. The van der Waals surface area contributed by atoms with Crippen molar-refractivity contribution in [1.29, 1.82) is 0 Å². The van der Waals surface area contributed by atoms with E-state index in [1.54, 1.807) is 4.52 Å². The van der Waals surface area contributed by atoms with E-state index >= 15 is 0 Å². The first kappa shape index (κ1) is 24.4. The van der Waals surface area contributed by atoms with Crippen molar-refractivity contribution in [3.8, 4) is 0 Å². The summed E-state index contributed by atoms with van der Waals surface area (Å²) in [5.41, 5.74) is 3.27. The SMILES string of the molecule is O=C(c1ccc(Nc2nc3c(N4CCC(O)(c5ccc(Cl)cc5)CC4)cccn3n2)cc1)N1C[C@H]2CN[C@H]2C1. The Kier molecular flexibility index (Phi) is 5.95. The molecular weight excluding hydrogens is 514 g/mol. The Morgan fingerprint density at radius 2 is 1.82 bits per heavy atom. The molecule has 0 spiro atoms. The maximum absolute atomic E-state index is 12.9. The van der Waals surface area contributed by atoms with E-state index in [1.165, 1.54) is 0 Å². The molecule has 0 aliphatic carbocycles. The third-order valence-electron chi connectivity index (χ3n) is 8.41. The lowest BCUT2D eigenvalue weighted by atomic mass is 9.84. The van der Waals surface area contributed by atoms with Crippen molar-refractivity contribution in [1.82, 2.24) is 24.8 Å². The number of fused-ring (bicyclic) bond motifs is 2. The number of rotatable bonds is 5. The van der Waals surface area contributed by atoms with Crippen molar-refractivity contribution in [2.75, 3.05) is 42.9 Å². The van der Waals surface area contributed by atoms with E-state index in [2.05, 4.69) is 20.6 Å². The summed E-state index contributed by atoms with van der Waals surface area (Å²) in [5.74, 6) is 1.16. The van der Waals surface area contributed by atoms with Crippen molar-refractivity contribution < 1.29 is 9.90 Å². The second-order valence-corrected chi connectivity index (χ2v) is 11.2. The largest absolute Gasteiger partial charge is 0.385 e. The molecule has 3 N–H and O–H groups in total. The molecule has 2 aromatic carbocycles. The maximum Gasteiger partial charge on any atom is 0.253 e. The van der Waals surface area contributed by atoms with Gasteiger partial charge in [-0.3, -0.25) is 4.79 Å². The summed E-state index contributed by atoms with van der Waals surface area (Å²) < 4.78 is 1.77. The predicted octanol–water partition coefficient (Wildman–Crippen LogP) is 3.66. The van der Waals surface area contributed by atoms with E-state index in [-0.39, 0.29) is 5.91 Å². The van der Waals surface area contributed by atoms with Gasteiger partial charge in [-0.1, -0.05) is 23.7 Å². The number of likely N-dealkylation sites (tertiary alicyclic amines) is 1. The quantitative estimate of drug-likeness (QED) is 0.353. The van der Waals surface area contributed by atoms with Crippen LogP contribution in [0.2, 0.25) is 5.02 Å². The molecule has 1 amide bonds. The topological polar surface area (TPSA) is 98.0 Å². The van der Waals surface area contributed by atoms with Crippen molar-refractivity contribution in [2.24, 2.45) is 5.92 Å². The van der Waals surface area contributed by atoms with Gasteiger partial charge in [-0.15, -0.1) is 5.10 Å². The van der Waals surface area contributed by atoms with Gasteiger partial charge < -0.3 is 25.5 Å². The lowest BCUT2D eigenvalue weighted by Crippen LogP contribution is -2.51. The van der Waals surface area contributed by atoms with Gasteiger partial charge in [-0.05, 0) is 66.9 Å². The highest BCUT2D eigenvalue weighted by molar-refractivity contribution is 6.30. The van der Waals surface area contributed by atoms with Crippen LogP contribution >= 0.6 is 11.6 Å². The number of halogens is 1. The van der Waals surface area contributed by atoms with Crippen LogP contribution in [0.1, 0.15) is 28.8 Å². The number of hydrogen-bond donors (Lipinski definition) is 3. The smallest absolute Gasteiger partial charge is 0.253 e. The van der Waals surface area contributed by atoms with Gasteiger partial charge in [0.15, 0.2) is 5.65 Å². The van der Waals surface area contributed by atoms with E-state index in [9.17, 15) is 9.90 Å². The average Bonchev–Trinajstić information content (AvgIpc) is 3.49. The monoisotopic (exact) mass is 543 g/mol.